The Balaban J connectivity index is 1.74. The summed E-state index contributed by atoms with van der Waals surface area (Å²) in [4.78, 5) is 18.8. The van der Waals surface area contributed by atoms with Crippen LogP contribution in [0.15, 0.2) is 32.9 Å². The molecule has 0 unspecified atom stereocenters. The van der Waals surface area contributed by atoms with Crippen molar-refractivity contribution in [2.75, 3.05) is 0 Å². The van der Waals surface area contributed by atoms with Gasteiger partial charge in [-0.3, -0.25) is 4.79 Å². The van der Waals surface area contributed by atoms with Gasteiger partial charge in [0.1, 0.15) is 4.49 Å². The van der Waals surface area contributed by atoms with Crippen molar-refractivity contribution in [1.29, 1.82) is 0 Å². The van der Waals surface area contributed by atoms with E-state index in [-0.39, 0.29) is 27.3 Å². The zero-order chi connectivity index (χ0) is 17.1. The minimum absolute atomic E-state index is 0.0129. The summed E-state index contributed by atoms with van der Waals surface area (Å²) >= 11 is 14.5. The number of nitrogens with zero attached hydrogens (tertiary/aromatic N) is 3. The van der Waals surface area contributed by atoms with Crippen LogP contribution in [0.1, 0.15) is 30.5 Å². The predicted molar refractivity (Wildman–Crippen MR) is 100 cm³/mol. The second-order valence-corrected chi connectivity index (χ2v) is 9.37. The van der Waals surface area contributed by atoms with E-state index in [1.807, 2.05) is 29.7 Å². The Bertz CT molecular complexity index is 1050. The number of hydrogen-bond acceptors (Lipinski definition) is 5. The first-order chi connectivity index (χ1) is 11.4. The molecule has 0 aromatic carbocycles. The number of aromatic nitrogens is 3. The van der Waals surface area contributed by atoms with E-state index in [2.05, 4.69) is 23.9 Å². The highest BCUT2D eigenvalue weighted by molar-refractivity contribution is 7.15. The van der Waals surface area contributed by atoms with Crippen molar-refractivity contribution in [3.8, 4) is 0 Å². The van der Waals surface area contributed by atoms with Crippen molar-refractivity contribution in [3.63, 3.8) is 0 Å². The number of thiophene rings is 1. The van der Waals surface area contributed by atoms with E-state index >= 15 is 0 Å². The second kappa shape index (κ2) is 5.66. The van der Waals surface area contributed by atoms with Crippen LogP contribution in [-0.2, 0) is 0 Å². The molecule has 4 nitrogen and oxygen atoms in total. The average molecular weight is 398 g/mol. The fourth-order valence-electron chi connectivity index (χ4n) is 3.10. The van der Waals surface area contributed by atoms with Gasteiger partial charge in [0.05, 0.1) is 4.53 Å². The highest BCUT2D eigenvalue weighted by Crippen LogP contribution is 2.64. The lowest BCUT2D eigenvalue weighted by Crippen LogP contribution is -2.23. The van der Waals surface area contributed by atoms with Crippen molar-refractivity contribution >= 4 is 56.9 Å². The van der Waals surface area contributed by atoms with Crippen LogP contribution in [0.25, 0.3) is 11.0 Å². The monoisotopic (exact) mass is 397 g/mol. The van der Waals surface area contributed by atoms with Crippen LogP contribution in [0.4, 0.5) is 0 Å². The molecule has 24 heavy (non-hydrogen) atoms. The molecule has 1 aliphatic carbocycles. The van der Waals surface area contributed by atoms with E-state index in [1.54, 1.807) is 11.3 Å². The van der Waals surface area contributed by atoms with Gasteiger partial charge >= 0.3 is 0 Å². The third kappa shape index (κ3) is 2.62. The lowest BCUT2D eigenvalue weighted by Gasteiger charge is -1.97. The van der Waals surface area contributed by atoms with E-state index in [0.29, 0.717) is 15.3 Å². The predicted octanol–water partition coefficient (Wildman–Crippen LogP) is 3.82. The first-order valence-corrected chi connectivity index (χ1v) is 9.80. The van der Waals surface area contributed by atoms with Crippen LogP contribution in [0.3, 0.4) is 0 Å². The summed E-state index contributed by atoms with van der Waals surface area (Å²) < 4.78 is 2.31. The number of thiazole rings is 1. The molecule has 1 saturated carbocycles. The number of allylic oxidation sites excluding steroid dienone is 1. The molecule has 0 spiro atoms. The molecule has 3 aromatic rings. The Labute approximate surface area is 156 Å². The summed E-state index contributed by atoms with van der Waals surface area (Å²) in [5, 5.41) is 6.43. The Kier molecular flexibility index (Phi) is 3.84. The molecule has 0 amide bonds. The largest absolute Gasteiger partial charge is 0.291 e. The molecule has 2 atom stereocenters. The van der Waals surface area contributed by atoms with Crippen LogP contribution < -0.4 is 10.1 Å². The molecule has 0 N–H and O–H groups in total. The zero-order valence-corrected chi connectivity index (χ0v) is 16.0. The standard InChI is InChI=1S/C16H13Cl2N3OS2/c1-16(2)9(7-11(17)18)12(16)13-19-15-21(20-13)14(22)10(24-15)6-8-4-3-5-23-8/h3-7,9,12H,1-2H3/b10-6+/t9-,12+/m0/s1. The van der Waals surface area contributed by atoms with Crippen molar-refractivity contribution < 1.29 is 0 Å². The van der Waals surface area contributed by atoms with Crippen molar-refractivity contribution in [3.05, 3.63) is 53.7 Å². The fraction of sp³-hybridized carbons (Fsp3) is 0.312. The maximum Gasteiger partial charge on any atom is 0.291 e. The average Bonchev–Trinajstić information content (AvgIpc) is 2.99. The van der Waals surface area contributed by atoms with E-state index in [9.17, 15) is 4.79 Å². The second-order valence-electron chi connectivity index (χ2n) is 6.38. The molecule has 0 saturated heterocycles. The van der Waals surface area contributed by atoms with Crippen LogP contribution in [0.2, 0.25) is 0 Å². The van der Waals surface area contributed by atoms with Crippen molar-refractivity contribution in [2.45, 2.75) is 19.8 Å². The molecular formula is C16H13Cl2N3OS2. The summed E-state index contributed by atoms with van der Waals surface area (Å²) in [5.74, 6) is 0.995. The Hall–Kier alpha value is -1.21. The summed E-state index contributed by atoms with van der Waals surface area (Å²) in [6.07, 6.45) is 3.71. The van der Waals surface area contributed by atoms with Gasteiger partial charge in [-0.05, 0) is 34.9 Å². The number of fused-ring (bicyclic) bond motifs is 1. The maximum absolute atomic E-state index is 12.5. The van der Waals surface area contributed by atoms with Gasteiger partial charge in [-0.15, -0.1) is 16.4 Å². The van der Waals surface area contributed by atoms with Gasteiger partial charge in [0.25, 0.3) is 5.56 Å². The number of rotatable bonds is 3. The number of hydrogen-bond donors (Lipinski definition) is 0. The SMILES string of the molecule is CC1(C)[C@@H](C=C(Cl)Cl)[C@@H]1c1nc2s/c(=C/c3cccs3)c(=O)n2n1. The van der Waals surface area contributed by atoms with Gasteiger partial charge in [0, 0.05) is 10.8 Å². The van der Waals surface area contributed by atoms with Crippen LogP contribution in [0.5, 0.6) is 0 Å². The fourth-order valence-corrected chi connectivity index (χ4v) is 5.01. The summed E-state index contributed by atoms with van der Waals surface area (Å²) in [6, 6.07) is 3.94. The molecule has 0 radical (unpaired) electrons. The molecule has 0 bridgehead atoms. The minimum atomic E-state index is -0.122. The lowest BCUT2D eigenvalue weighted by molar-refractivity contribution is 0.585. The van der Waals surface area contributed by atoms with Gasteiger partial charge in [-0.2, -0.15) is 4.52 Å². The zero-order valence-electron chi connectivity index (χ0n) is 12.9. The first kappa shape index (κ1) is 16.3. The van der Waals surface area contributed by atoms with Gasteiger partial charge in [0.2, 0.25) is 4.96 Å². The third-order valence-corrected chi connectivity index (χ3v) is 6.54. The Morgan fingerprint density at radius 1 is 1.42 bits per heavy atom. The van der Waals surface area contributed by atoms with E-state index in [4.69, 9.17) is 23.2 Å². The van der Waals surface area contributed by atoms with Gasteiger partial charge in [0.15, 0.2) is 5.82 Å². The quantitative estimate of drug-likeness (QED) is 0.674. The van der Waals surface area contributed by atoms with Crippen molar-refractivity contribution in [2.24, 2.45) is 11.3 Å². The highest BCUT2D eigenvalue weighted by atomic mass is 35.5. The topological polar surface area (TPSA) is 47.3 Å². The van der Waals surface area contributed by atoms with Gasteiger partial charge < -0.3 is 0 Å². The Morgan fingerprint density at radius 3 is 2.83 bits per heavy atom. The van der Waals surface area contributed by atoms with Crippen LogP contribution >= 0.6 is 45.9 Å². The highest BCUT2D eigenvalue weighted by Gasteiger charge is 2.59. The first-order valence-electron chi connectivity index (χ1n) is 7.35. The van der Waals surface area contributed by atoms with Gasteiger partial charge in [-0.25, -0.2) is 4.98 Å². The molecule has 1 fully saturated rings. The Morgan fingerprint density at radius 2 is 2.21 bits per heavy atom. The molecule has 0 aliphatic heterocycles. The van der Waals surface area contributed by atoms with Gasteiger partial charge in [-0.1, -0.05) is 54.5 Å². The number of halogens is 2. The molecule has 124 valence electrons. The summed E-state index contributed by atoms with van der Waals surface area (Å²) in [7, 11) is 0. The summed E-state index contributed by atoms with van der Waals surface area (Å²) in [6.45, 7) is 4.25. The molecule has 3 aromatic heterocycles. The molecule has 4 rings (SSSR count). The third-order valence-electron chi connectivity index (χ3n) is 4.51. The molecule has 8 heteroatoms. The van der Waals surface area contributed by atoms with E-state index in [1.165, 1.54) is 15.9 Å². The lowest BCUT2D eigenvalue weighted by atomic mass is 10.1. The van der Waals surface area contributed by atoms with Crippen LogP contribution in [-0.4, -0.2) is 14.6 Å². The molecule has 1 aliphatic rings. The van der Waals surface area contributed by atoms with E-state index in [0.717, 1.165) is 4.88 Å². The molecule has 3 heterocycles. The summed E-state index contributed by atoms with van der Waals surface area (Å²) in [5.41, 5.74) is -0.135. The maximum atomic E-state index is 12.5. The van der Waals surface area contributed by atoms with Crippen LogP contribution in [0, 0.1) is 11.3 Å². The normalized spacial score (nSPS) is 22.9. The smallest absolute Gasteiger partial charge is 0.266 e. The minimum Gasteiger partial charge on any atom is -0.266 e. The molecular weight excluding hydrogens is 385 g/mol. The van der Waals surface area contributed by atoms with E-state index < -0.39 is 0 Å². The van der Waals surface area contributed by atoms with Crippen molar-refractivity contribution in [1.82, 2.24) is 14.6 Å².